The van der Waals surface area contributed by atoms with E-state index >= 15 is 0 Å². The Morgan fingerprint density at radius 3 is 1.25 bits per heavy atom. The zero-order valence-electron chi connectivity index (χ0n) is 14.3. The highest BCUT2D eigenvalue weighted by molar-refractivity contribution is 4.53. The van der Waals surface area contributed by atoms with Gasteiger partial charge in [-0.25, -0.2) is 0 Å². The summed E-state index contributed by atoms with van der Waals surface area (Å²) in [6.07, 6.45) is -1.98. The van der Waals surface area contributed by atoms with Gasteiger partial charge in [0, 0.05) is 0 Å². The monoisotopic (exact) mass is 356 g/mol. The topological polar surface area (TPSA) is 127 Å². The molecule has 0 aliphatic rings. The zero-order chi connectivity index (χ0) is 18.0. The van der Waals surface area contributed by atoms with E-state index in [0.29, 0.717) is 19.8 Å². The van der Waals surface area contributed by atoms with Crippen molar-refractivity contribution >= 4 is 0 Å². The largest absolute Gasteiger partial charge is 0.394 e. The van der Waals surface area contributed by atoms with Crippen LogP contribution in [0.1, 0.15) is 6.92 Å². The van der Waals surface area contributed by atoms with Crippen LogP contribution in [0.2, 0.25) is 0 Å². The molecule has 9 heteroatoms. The third-order valence-corrected chi connectivity index (χ3v) is 2.58. The van der Waals surface area contributed by atoms with Crippen molar-refractivity contribution < 1.29 is 44.1 Å². The normalized spacial score (nSPS) is 15.4. The van der Waals surface area contributed by atoms with E-state index in [4.69, 9.17) is 33.9 Å². The lowest BCUT2D eigenvalue weighted by molar-refractivity contribution is -0.0574. The summed E-state index contributed by atoms with van der Waals surface area (Å²) in [5.41, 5.74) is 0. The van der Waals surface area contributed by atoms with Crippen LogP contribution in [-0.4, -0.2) is 111 Å². The van der Waals surface area contributed by atoms with Crippen LogP contribution in [0.25, 0.3) is 0 Å². The zero-order valence-corrected chi connectivity index (χ0v) is 14.3. The summed E-state index contributed by atoms with van der Waals surface area (Å²) in [4.78, 5) is 0. The van der Waals surface area contributed by atoms with Gasteiger partial charge >= 0.3 is 0 Å². The first-order chi connectivity index (χ1) is 11.6. The predicted octanol–water partition coefficient (Wildman–Crippen LogP) is -1.84. The second-order valence-electron chi connectivity index (χ2n) is 5.25. The minimum absolute atomic E-state index is 0.0810. The first-order valence-electron chi connectivity index (χ1n) is 8.10. The SMILES string of the molecule is CC(O)COCCOCC(O)COCCOCC(O)COCCO. The van der Waals surface area contributed by atoms with E-state index in [1.165, 1.54) is 0 Å². The van der Waals surface area contributed by atoms with E-state index in [-0.39, 0.29) is 52.9 Å². The number of rotatable bonds is 18. The molecule has 0 bridgehead atoms. The van der Waals surface area contributed by atoms with E-state index in [1.54, 1.807) is 6.92 Å². The minimum atomic E-state index is -0.744. The van der Waals surface area contributed by atoms with E-state index in [1.807, 2.05) is 0 Å². The number of hydrogen-bond acceptors (Lipinski definition) is 9. The van der Waals surface area contributed by atoms with Crippen LogP contribution in [-0.2, 0) is 23.7 Å². The summed E-state index contributed by atoms with van der Waals surface area (Å²) in [6.45, 7) is 3.77. The van der Waals surface area contributed by atoms with Crippen LogP contribution < -0.4 is 0 Å². The van der Waals surface area contributed by atoms with Crippen LogP contribution in [0, 0.1) is 0 Å². The van der Waals surface area contributed by atoms with Crippen LogP contribution >= 0.6 is 0 Å². The summed E-state index contributed by atoms with van der Waals surface area (Å²) >= 11 is 0. The molecule has 146 valence electrons. The van der Waals surface area contributed by atoms with Crippen LogP contribution in [0.5, 0.6) is 0 Å². The third-order valence-electron chi connectivity index (χ3n) is 2.58. The molecule has 0 aliphatic heterocycles. The fourth-order valence-corrected chi connectivity index (χ4v) is 1.53. The Balaban J connectivity index is 3.26. The fourth-order valence-electron chi connectivity index (χ4n) is 1.53. The van der Waals surface area contributed by atoms with E-state index in [0.717, 1.165) is 0 Å². The van der Waals surface area contributed by atoms with Crippen molar-refractivity contribution in [1.29, 1.82) is 0 Å². The lowest BCUT2D eigenvalue weighted by Crippen LogP contribution is -2.25. The Morgan fingerprint density at radius 1 is 0.583 bits per heavy atom. The Hall–Kier alpha value is -0.360. The minimum Gasteiger partial charge on any atom is -0.394 e. The van der Waals surface area contributed by atoms with Crippen molar-refractivity contribution in [3.8, 4) is 0 Å². The molecular formula is C15H32O9. The lowest BCUT2D eigenvalue weighted by atomic mass is 10.4. The number of ether oxygens (including phenoxy) is 5. The van der Waals surface area contributed by atoms with Gasteiger partial charge in [-0.15, -0.1) is 0 Å². The van der Waals surface area contributed by atoms with Gasteiger partial charge in [0.2, 0.25) is 0 Å². The summed E-state index contributed by atoms with van der Waals surface area (Å²) in [5, 5.41) is 36.5. The number of aliphatic hydroxyl groups is 4. The predicted molar refractivity (Wildman–Crippen MR) is 84.9 cm³/mol. The summed E-state index contributed by atoms with van der Waals surface area (Å²) in [5.74, 6) is 0. The van der Waals surface area contributed by atoms with Crippen molar-refractivity contribution in [2.24, 2.45) is 0 Å². The molecule has 0 amide bonds. The van der Waals surface area contributed by atoms with E-state index < -0.39 is 18.3 Å². The molecule has 0 heterocycles. The smallest absolute Gasteiger partial charge is 0.101 e. The van der Waals surface area contributed by atoms with Crippen LogP contribution in [0.3, 0.4) is 0 Å². The fraction of sp³-hybridized carbons (Fsp3) is 1.00. The van der Waals surface area contributed by atoms with Gasteiger partial charge in [0.15, 0.2) is 0 Å². The number of aliphatic hydroxyl groups excluding tert-OH is 4. The Morgan fingerprint density at radius 2 is 0.917 bits per heavy atom. The molecule has 24 heavy (non-hydrogen) atoms. The quantitative estimate of drug-likeness (QED) is 0.210. The molecule has 0 fully saturated rings. The molecular weight excluding hydrogens is 324 g/mol. The van der Waals surface area contributed by atoms with Crippen molar-refractivity contribution in [1.82, 2.24) is 0 Å². The molecule has 0 radical (unpaired) electrons. The van der Waals surface area contributed by atoms with Crippen molar-refractivity contribution in [3.05, 3.63) is 0 Å². The second kappa shape index (κ2) is 17.5. The summed E-state index contributed by atoms with van der Waals surface area (Å²) in [6, 6.07) is 0. The molecule has 0 aromatic carbocycles. The Kier molecular flexibility index (Phi) is 17.2. The highest BCUT2D eigenvalue weighted by Gasteiger charge is 2.06. The van der Waals surface area contributed by atoms with Gasteiger partial charge in [0.25, 0.3) is 0 Å². The maximum atomic E-state index is 9.61. The van der Waals surface area contributed by atoms with Gasteiger partial charge in [-0.2, -0.15) is 0 Å². The standard InChI is InChI=1S/C15H32O9/c1-13(17)8-21-4-5-22-11-15(19)12-24-7-6-23-10-14(18)9-20-3-2-16/h13-19H,2-12H2,1H3. The lowest BCUT2D eigenvalue weighted by Gasteiger charge is -2.13. The molecule has 0 spiro atoms. The maximum Gasteiger partial charge on any atom is 0.101 e. The first kappa shape index (κ1) is 23.6. The molecule has 0 aromatic rings. The third kappa shape index (κ3) is 18.0. The van der Waals surface area contributed by atoms with E-state index in [2.05, 4.69) is 0 Å². The average Bonchev–Trinajstić information content (AvgIpc) is 2.54. The van der Waals surface area contributed by atoms with Crippen molar-refractivity contribution in [3.63, 3.8) is 0 Å². The van der Waals surface area contributed by atoms with Crippen molar-refractivity contribution in [2.45, 2.75) is 25.2 Å². The Labute approximate surface area is 143 Å². The molecule has 0 saturated heterocycles. The van der Waals surface area contributed by atoms with E-state index in [9.17, 15) is 10.2 Å². The van der Waals surface area contributed by atoms with Crippen LogP contribution in [0.4, 0.5) is 0 Å². The Bertz CT molecular complexity index is 253. The van der Waals surface area contributed by atoms with Crippen molar-refractivity contribution in [2.75, 3.05) is 72.7 Å². The average molecular weight is 356 g/mol. The molecule has 3 atom stereocenters. The molecule has 0 rings (SSSR count). The molecule has 0 saturated carbocycles. The highest BCUT2D eigenvalue weighted by atomic mass is 16.6. The first-order valence-corrected chi connectivity index (χ1v) is 8.10. The molecule has 0 aliphatic carbocycles. The van der Waals surface area contributed by atoms with Gasteiger partial charge in [-0.05, 0) is 6.92 Å². The van der Waals surface area contributed by atoms with Gasteiger partial charge in [0.05, 0.1) is 78.8 Å². The van der Waals surface area contributed by atoms with Gasteiger partial charge < -0.3 is 44.1 Å². The van der Waals surface area contributed by atoms with Gasteiger partial charge in [0.1, 0.15) is 12.2 Å². The maximum absolute atomic E-state index is 9.61. The number of hydrogen-bond donors (Lipinski definition) is 4. The summed E-state index contributed by atoms with van der Waals surface area (Å²) in [7, 11) is 0. The molecule has 9 nitrogen and oxygen atoms in total. The van der Waals surface area contributed by atoms with Gasteiger partial charge in [-0.3, -0.25) is 0 Å². The highest BCUT2D eigenvalue weighted by Crippen LogP contribution is 1.91. The summed E-state index contributed by atoms with van der Waals surface area (Å²) < 4.78 is 25.7. The molecule has 0 aromatic heterocycles. The molecule has 4 N–H and O–H groups in total. The van der Waals surface area contributed by atoms with Gasteiger partial charge in [-0.1, -0.05) is 0 Å². The molecule has 3 unspecified atom stereocenters. The van der Waals surface area contributed by atoms with Crippen LogP contribution in [0.15, 0.2) is 0 Å². The second-order valence-corrected chi connectivity index (χ2v) is 5.25.